The van der Waals surface area contributed by atoms with Gasteiger partial charge in [0.25, 0.3) is 17.7 Å². The second-order valence-electron chi connectivity index (χ2n) is 19.1. The van der Waals surface area contributed by atoms with E-state index in [0.29, 0.717) is 10.3 Å². The van der Waals surface area contributed by atoms with E-state index in [0.717, 1.165) is 33.9 Å². The minimum Gasteiger partial charge on any atom is -0.370 e. The molecule has 74 heavy (non-hydrogen) atoms. The third-order valence-electron chi connectivity index (χ3n) is 13.1. The normalized spacial score (nSPS) is 19.9. The van der Waals surface area contributed by atoms with Gasteiger partial charge in [0.1, 0.15) is 30.7 Å². The molecule has 24 heteroatoms. The monoisotopic (exact) mass is 1060 g/mol. The molecular formula is C50H50F2N7O13PS. The zero-order valence-electron chi connectivity index (χ0n) is 40.1. The van der Waals surface area contributed by atoms with Gasteiger partial charge in [0.15, 0.2) is 0 Å². The summed E-state index contributed by atoms with van der Waals surface area (Å²) in [4.78, 5) is 144. The van der Waals surface area contributed by atoms with Crippen molar-refractivity contribution in [3.8, 4) is 11.8 Å². The van der Waals surface area contributed by atoms with Gasteiger partial charge in [0.05, 0.1) is 42.2 Å². The first-order chi connectivity index (χ1) is 34.9. The number of imide groups is 2. The summed E-state index contributed by atoms with van der Waals surface area (Å²) in [5.41, 5.74) is -5.20. The number of hydrogen-bond donors (Lipinski definition) is 5. The summed E-state index contributed by atoms with van der Waals surface area (Å²) in [6.07, 6.45) is -1.19. The van der Waals surface area contributed by atoms with Gasteiger partial charge in [-0.3, -0.25) is 57.9 Å². The van der Waals surface area contributed by atoms with Crippen LogP contribution >= 0.6 is 18.9 Å². The van der Waals surface area contributed by atoms with Crippen molar-refractivity contribution in [1.82, 2.24) is 35.6 Å². The SMILES string of the molecule is CC(C)(C)[C@H](NC(=O)c1cc2cc(C(F)(F)P(=O)(O)O)ccc2s1)C(=O)N1CCN(C(=O)CC(=O)NCC#Cc2ccc3c(c2)C(=O)N(C2CCC(=O)NC2=O)C3=O)C[C@H]1C(=O)N1CCOC(c2ccccc2)C1. The molecule has 4 atom stereocenters. The maximum Gasteiger partial charge on any atom is 0.399 e. The molecule has 4 aromatic rings. The van der Waals surface area contributed by atoms with Crippen LogP contribution in [0.15, 0.2) is 72.8 Å². The topological polar surface area (TPSA) is 269 Å². The van der Waals surface area contributed by atoms with Gasteiger partial charge in [0, 0.05) is 41.9 Å². The molecule has 388 valence electrons. The Hall–Kier alpha value is -7.22. The Morgan fingerprint density at radius 3 is 2.34 bits per heavy atom. The Morgan fingerprint density at radius 2 is 1.64 bits per heavy atom. The summed E-state index contributed by atoms with van der Waals surface area (Å²) in [6.45, 7) is 4.70. The molecule has 9 amide bonds. The molecule has 4 aliphatic heterocycles. The number of piperidine rings is 1. The highest BCUT2D eigenvalue weighted by atomic mass is 32.1. The number of thiophene rings is 1. The number of morpholine rings is 1. The van der Waals surface area contributed by atoms with E-state index in [1.54, 1.807) is 25.7 Å². The average Bonchev–Trinajstić information content (AvgIpc) is 3.90. The Bertz CT molecular complexity index is 3110. The standard InChI is InChI=1S/C50H50F2N7O13PS/c1-49(2,3)42(55-44(64)38-24-30-23-31(12-15-37(30)74-38)50(51,52)73(69,70)71)48(68)58-19-18-56(26-35(58)47(67)57-20-21-72-36(27-57)29-9-5-4-6-10-29)41(62)25-40(61)53-17-7-8-28-11-13-32-33(22-28)46(66)59(45(32)65)34-14-16-39(60)54-43(34)63/h4-6,9-13,15,22-24,34-36,42H,14,16-21,25-27H2,1-3H3,(H,53,61)(H,55,64)(H,54,60,63)(H2,69,70,71)/t34?,35-,36?,42+/m0/s1. The van der Waals surface area contributed by atoms with Crippen LogP contribution in [0.3, 0.4) is 0 Å². The molecule has 4 aliphatic rings. The minimum atomic E-state index is -5.88. The zero-order chi connectivity index (χ0) is 53.4. The molecule has 3 fully saturated rings. The van der Waals surface area contributed by atoms with E-state index in [-0.39, 0.29) is 80.1 Å². The van der Waals surface area contributed by atoms with Crippen molar-refractivity contribution in [2.45, 2.75) is 69.9 Å². The van der Waals surface area contributed by atoms with Gasteiger partial charge in [-0.1, -0.05) is 69.0 Å². The summed E-state index contributed by atoms with van der Waals surface area (Å²) >= 11 is 0.903. The summed E-state index contributed by atoms with van der Waals surface area (Å²) in [5.74, 6) is -0.375. The number of carbonyl (C=O) groups excluding carboxylic acids is 9. The van der Waals surface area contributed by atoms with Crippen LogP contribution in [0.2, 0.25) is 0 Å². The summed E-state index contributed by atoms with van der Waals surface area (Å²) in [5, 5.41) is 7.56. The van der Waals surface area contributed by atoms with E-state index >= 15 is 0 Å². The Labute approximate surface area is 425 Å². The number of fused-ring (bicyclic) bond motifs is 2. The molecule has 5 heterocycles. The Kier molecular flexibility index (Phi) is 15.0. The van der Waals surface area contributed by atoms with Crippen LogP contribution in [-0.2, 0) is 43.7 Å². The number of nitrogens with one attached hydrogen (secondary N) is 3. The largest absolute Gasteiger partial charge is 0.399 e. The smallest absolute Gasteiger partial charge is 0.370 e. The fourth-order valence-electron chi connectivity index (χ4n) is 9.09. The van der Waals surface area contributed by atoms with Gasteiger partial charge < -0.3 is 39.9 Å². The van der Waals surface area contributed by atoms with Crippen LogP contribution in [0.1, 0.15) is 93.2 Å². The predicted molar refractivity (Wildman–Crippen MR) is 260 cm³/mol. The lowest BCUT2D eigenvalue weighted by atomic mass is 9.85. The molecule has 2 unspecified atom stereocenters. The zero-order valence-corrected chi connectivity index (χ0v) is 41.8. The first kappa shape index (κ1) is 53.1. The molecule has 0 bridgehead atoms. The Balaban J connectivity index is 0.950. The molecule has 8 rings (SSSR count). The van der Waals surface area contributed by atoms with Crippen molar-refractivity contribution in [2.75, 3.05) is 45.9 Å². The molecule has 0 aliphatic carbocycles. The van der Waals surface area contributed by atoms with Crippen LogP contribution < -0.4 is 16.0 Å². The number of alkyl halides is 2. The van der Waals surface area contributed by atoms with E-state index in [1.807, 2.05) is 30.3 Å². The highest BCUT2D eigenvalue weighted by Gasteiger charge is 2.51. The lowest BCUT2D eigenvalue weighted by Gasteiger charge is -2.45. The van der Waals surface area contributed by atoms with Gasteiger partial charge in [-0.05, 0) is 59.2 Å². The van der Waals surface area contributed by atoms with Crippen molar-refractivity contribution in [2.24, 2.45) is 5.41 Å². The molecule has 20 nitrogen and oxygen atoms in total. The van der Waals surface area contributed by atoms with Gasteiger partial charge in [-0.15, -0.1) is 11.3 Å². The average molecular weight is 1060 g/mol. The summed E-state index contributed by atoms with van der Waals surface area (Å²) in [7, 11) is -5.88. The van der Waals surface area contributed by atoms with Gasteiger partial charge in [-0.25, -0.2) is 0 Å². The van der Waals surface area contributed by atoms with E-state index in [1.165, 1.54) is 40.1 Å². The number of piperazine rings is 1. The fraction of sp³-hybridized carbons (Fsp3) is 0.380. The Morgan fingerprint density at radius 1 is 0.905 bits per heavy atom. The molecule has 3 aromatic carbocycles. The van der Waals surface area contributed by atoms with E-state index in [9.17, 15) is 66.3 Å². The van der Waals surface area contributed by atoms with E-state index in [4.69, 9.17) is 4.74 Å². The van der Waals surface area contributed by atoms with E-state index < -0.39 is 108 Å². The second-order valence-corrected chi connectivity index (χ2v) is 21.9. The lowest BCUT2D eigenvalue weighted by molar-refractivity contribution is -0.158. The number of amides is 9. The van der Waals surface area contributed by atoms with Gasteiger partial charge in [-0.2, -0.15) is 8.78 Å². The van der Waals surface area contributed by atoms with Crippen LogP contribution in [0.4, 0.5) is 8.78 Å². The molecule has 1 aromatic heterocycles. The number of rotatable bonds is 11. The predicted octanol–water partition coefficient (Wildman–Crippen LogP) is 2.87. The maximum absolute atomic E-state index is 14.8. The van der Waals surface area contributed by atoms with Crippen LogP contribution in [0.5, 0.6) is 0 Å². The number of carbonyl (C=O) groups is 9. The molecule has 0 spiro atoms. The number of nitrogens with zero attached hydrogens (tertiary/aromatic N) is 4. The van der Waals surface area contributed by atoms with Crippen LogP contribution in [0.25, 0.3) is 10.1 Å². The highest BCUT2D eigenvalue weighted by molar-refractivity contribution is 7.52. The number of ether oxygens (including phenoxy) is 1. The first-order valence-corrected chi connectivity index (χ1v) is 25.8. The summed E-state index contributed by atoms with van der Waals surface area (Å²) in [6, 6.07) is 14.0. The number of benzene rings is 3. The van der Waals surface area contributed by atoms with Crippen LogP contribution in [0, 0.1) is 17.3 Å². The van der Waals surface area contributed by atoms with Gasteiger partial charge >= 0.3 is 13.3 Å². The molecule has 3 saturated heterocycles. The van der Waals surface area contributed by atoms with Crippen molar-refractivity contribution >= 4 is 82.2 Å². The molecule has 0 saturated carbocycles. The van der Waals surface area contributed by atoms with Crippen molar-refractivity contribution in [3.63, 3.8) is 0 Å². The lowest BCUT2D eigenvalue weighted by Crippen LogP contribution is -2.66. The fourth-order valence-corrected chi connectivity index (χ4v) is 10.5. The van der Waals surface area contributed by atoms with Crippen molar-refractivity contribution in [1.29, 1.82) is 0 Å². The quantitative estimate of drug-likeness (QED) is 0.0627. The van der Waals surface area contributed by atoms with Crippen molar-refractivity contribution < 1.29 is 71.0 Å². The molecular weight excluding hydrogens is 1010 g/mol. The van der Waals surface area contributed by atoms with Gasteiger partial charge in [0.2, 0.25) is 35.4 Å². The third-order valence-corrected chi connectivity index (χ3v) is 15.2. The third kappa shape index (κ3) is 11.0. The van der Waals surface area contributed by atoms with E-state index in [2.05, 4.69) is 27.8 Å². The number of hydrogen-bond acceptors (Lipinski definition) is 12. The number of halogens is 2. The molecule has 0 radical (unpaired) electrons. The minimum absolute atomic E-state index is 0.00349. The highest BCUT2D eigenvalue weighted by Crippen LogP contribution is 2.59. The van der Waals surface area contributed by atoms with Crippen LogP contribution in [-0.4, -0.2) is 147 Å². The second kappa shape index (κ2) is 21.0. The summed E-state index contributed by atoms with van der Waals surface area (Å²) < 4.78 is 47.1. The first-order valence-electron chi connectivity index (χ1n) is 23.4. The van der Waals surface area contributed by atoms with Crippen molar-refractivity contribution in [3.05, 3.63) is 105 Å². The molecule has 5 N–H and O–H groups in total. The maximum atomic E-state index is 14.8.